The van der Waals surface area contributed by atoms with E-state index in [1.165, 1.54) is 6.20 Å². The SMILES string of the molecule is O=C(CN1CCC2(CCC(=O)N2)CC1)Nc1cnccn1. The van der Waals surface area contributed by atoms with E-state index in [-0.39, 0.29) is 17.4 Å². The molecular weight excluding hydrogens is 270 g/mol. The number of anilines is 1. The maximum Gasteiger partial charge on any atom is 0.239 e. The molecule has 1 aromatic rings. The lowest BCUT2D eigenvalue weighted by atomic mass is 9.86. The lowest BCUT2D eigenvalue weighted by Gasteiger charge is -2.38. The molecule has 0 saturated carbocycles. The summed E-state index contributed by atoms with van der Waals surface area (Å²) in [7, 11) is 0. The molecule has 0 aromatic carbocycles. The molecule has 1 aromatic heterocycles. The van der Waals surface area contributed by atoms with E-state index in [0.29, 0.717) is 18.8 Å². The first-order chi connectivity index (χ1) is 10.2. The van der Waals surface area contributed by atoms with Crippen LogP contribution in [0, 0.1) is 0 Å². The second kappa shape index (κ2) is 5.77. The van der Waals surface area contributed by atoms with Crippen molar-refractivity contribution in [1.29, 1.82) is 0 Å². The standard InChI is InChI=1S/C14H19N5O2/c20-12-1-2-14(18-12)3-7-19(8-4-14)10-13(21)17-11-9-15-5-6-16-11/h5-6,9H,1-4,7-8,10H2,(H,18,20)(H,16,17,21). The Balaban J connectivity index is 1.47. The molecule has 112 valence electrons. The van der Waals surface area contributed by atoms with Crippen molar-refractivity contribution in [2.75, 3.05) is 25.0 Å². The molecule has 2 saturated heterocycles. The van der Waals surface area contributed by atoms with Gasteiger partial charge in [0.25, 0.3) is 0 Å². The molecule has 2 N–H and O–H groups in total. The van der Waals surface area contributed by atoms with Crippen molar-refractivity contribution in [3.63, 3.8) is 0 Å². The lowest BCUT2D eigenvalue weighted by molar-refractivity contribution is -0.121. The fourth-order valence-corrected chi connectivity index (χ4v) is 3.04. The summed E-state index contributed by atoms with van der Waals surface area (Å²) in [5.41, 5.74) is -0.0189. The van der Waals surface area contributed by atoms with Crippen LogP contribution in [0.4, 0.5) is 5.82 Å². The van der Waals surface area contributed by atoms with E-state index in [1.807, 2.05) is 0 Å². The summed E-state index contributed by atoms with van der Waals surface area (Å²) in [6.07, 6.45) is 8.02. The number of rotatable bonds is 3. The van der Waals surface area contributed by atoms with Crippen LogP contribution in [0.1, 0.15) is 25.7 Å². The van der Waals surface area contributed by atoms with E-state index in [1.54, 1.807) is 12.4 Å². The molecule has 0 atom stereocenters. The number of amides is 2. The fourth-order valence-electron chi connectivity index (χ4n) is 3.04. The van der Waals surface area contributed by atoms with Crippen LogP contribution in [0.2, 0.25) is 0 Å². The molecule has 0 aliphatic carbocycles. The zero-order valence-corrected chi connectivity index (χ0v) is 11.8. The van der Waals surface area contributed by atoms with Gasteiger partial charge in [-0.1, -0.05) is 0 Å². The summed E-state index contributed by atoms with van der Waals surface area (Å²) in [5.74, 6) is 0.546. The van der Waals surface area contributed by atoms with E-state index < -0.39 is 0 Å². The van der Waals surface area contributed by atoms with Gasteiger partial charge < -0.3 is 10.6 Å². The van der Waals surface area contributed by atoms with Gasteiger partial charge in [-0.25, -0.2) is 4.98 Å². The molecule has 21 heavy (non-hydrogen) atoms. The molecule has 2 fully saturated rings. The average molecular weight is 289 g/mol. The highest BCUT2D eigenvalue weighted by atomic mass is 16.2. The fraction of sp³-hybridized carbons (Fsp3) is 0.571. The Morgan fingerprint density at radius 2 is 2.14 bits per heavy atom. The number of hydrogen-bond donors (Lipinski definition) is 2. The third kappa shape index (κ3) is 3.36. The number of hydrogen-bond acceptors (Lipinski definition) is 5. The quantitative estimate of drug-likeness (QED) is 0.827. The number of likely N-dealkylation sites (tertiary alicyclic amines) is 1. The smallest absolute Gasteiger partial charge is 0.239 e. The average Bonchev–Trinajstić information content (AvgIpc) is 2.84. The summed E-state index contributed by atoms with van der Waals surface area (Å²) in [4.78, 5) is 33.4. The highest BCUT2D eigenvalue weighted by molar-refractivity contribution is 5.91. The maximum absolute atomic E-state index is 12.0. The van der Waals surface area contributed by atoms with Gasteiger partial charge in [-0.3, -0.25) is 19.5 Å². The van der Waals surface area contributed by atoms with Crippen molar-refractivity contribution in [2.45, 2.75) is 31.2 Å². The van der Waals surface area contributed by atoms with Crippen LogP contribution in [-0.4, -0.2) is 51.9 Å². The number of nitrogens with one attached hydrogen (secondary N) is 2. The van der Waals surface area contributed by atoms with E-state index >= 15 is 0 Å². The number of aromatic nitrogens is 2. The predicted molar refractivity (Wildman–Crippen MR) is 76.4 cm³/mol. The second-order valence-corrected chi connectivity index (χ2v) is 5.74. The van der Waals surface area contributed by atoms with E-state index in [4.69, 9.17) is 0 Å². The molecule has 0 bridgehead atoms. The molecule has 1 spiro atoms. The molecule has 3 rings (SSSR count). The second-order valence-electron chi connectivity index (χ2n) is 5.74. The molecule has 2 aliphatic rings. The molecule has 2 aliphatic heterocycles. The summed E-state index contributed by atoms with van der Waals surface area (Å²) < 4.78 is 0. The first kappa shape index (κ1) is 13.9. The number of nitrogens with zero attached hydrogens (tertiary/aromatic N) is 3. The molecule has 0 radical (unpaired) electrons. The summed E-state index contributed by atoms with van der Waals surface area (Å²) in [6.45, 7) is 2.00. The van der Waals surface area contributed by atoms with Gasteiger partial charge in [-0.05, 0) is 19.3 Å². The zero-order chi connectivity index (χ0) is 14.7. The van der Waals surface area contributed by atoms with Crippen LogP contribution >= 0.6 is 0 Å². The van der Waals surface area contributed by atoms with Crippen molar-refractivity contribution in [3.05, 3.63) is 18.6 Å². The molecule has 0 unspecified atom stereocenters. The zero-order valence-electron chi connectivity index (χ0n) is 11.8. The Morgan fingerprint density at radius 1 is 1.33 bits per heavy atom. The van der Waals surface area contributed by atoms with Gasteiger partial charge in [0, 0.05) is 37.4 Å². The largest absolute Gasteiger partial charge is 0.351 e. The number of piperidine rings is 1. The van der Waals surface area contributed by atoms with Gasteiger partial charge >= 0.3 is 0 Å². The van der Waals surface area contributed by atoms with E-state index in [0.717, 1.165) is 32.4 Å². The highest BCUT2D eigenvalue weighted by Crippen LogP contribution is 2.31. The van der Waals surface area contributed by atoms with Crippen LogP contribution in [0.15, 0.2) is 18.6 Å². The molecule has 7 heteroatoms. The van der Waals surface area contributed by atoms with Crippen LogP contribution in [0.3, 0.4) is 0 Å². The van der Waals surface area contributed by atoms with E-state index in [9.17, 15) is 9.59 Å². The third-order valence-corrected chi connectivity index (χ3v) is 4.25. The van der Waals surface area contributed by atoms with Crippen LogP contribution < -0.4 is 10.6 Å². The lowest BCUT2D eigenvalue weighted by Crippen LogP contribution is -2.52. The van der Waals surface area contributed by atoms with Crippen LogP contribution in [0.5, 0.6) is 0 Å². The van der Waals surface area contributed by atoms with Gasteiger partial charge in [0.1, 0.15) is 0 Å². The van der Waals surface area contributed by atoms with E-state index in [2.05, 4.69) is 25.5 Å². The summed E-state index contributed by atoms with van der Waals surface area (Å²) in [6, 6.07) is 0. The molecule has 7 nitrogen and oxygen atoms in total. The maximum atomic E-state index is 12.0. The Bertz CT molecular complexity index is 525. The van der Waals surface area contributed by atoms with Gasteiger partial charge in [-0.15, -0.1) is 0 Å². The highest BCUT2D eigenvalue weighted by Gasteiger charge is 2.40. The number of carbonyl (C=O) groups is 2. The first-order valence-electron chi connectivity index (χ1n) is 7.24. The summed E-state index contributed by atoms with van der Waals surface area (Å²) in [5, 5.41) is 5.83. The molecule has 2 amide bonds. The molecule has 3 heterocycles. The van der Waals surface area contributed by atoms with Gasteiger partial charge in [0.2, 0.25) is 11.8 Å². The third-order valence-electron chi connectivity index (χ3n) is 4.25. The molecular formula is C14H19N5O2. The van der Waals surface area contributed by atoms with Crippen molar-refractivity contribution >= 4 is 17.6 Å². The Labute approximate surface area is 123 Å². The van der Waals surface area contributed by atoms with Crippen molar-refractivity contribution in [1.82, 2.24) is 20.2 Å². The predicted octanol–water partition coefficient (Wildman–Crippen LogP) is 0.160. The van der Waals surface area contributed by atoms with Gasteiger partial charge in [0.15, 0.2) is 5.82 Å². The van der Waals surface area contributed by atoms with Crippen molar-refractivity contribution in [3.8, 4) is 0 Å². The Hall–Kier alpha value is -2.02. The normalized spacial score (nSPS) is 21.2. The Kier molecular flexibility index (Phi) is 3.83. The van der Waals surface area contributed by atoms with Crippen LogP contribution in [0.25, 0.3) is 0 Å². The minimum Gasteiger partial charge on any atom is -0.351 e. The minimum absolute atomic E-state index is 0.0189. The first-order valence-corrected chi connectivity index (χ1v) is 7.24. The number of carbonyl (C=O) groups excluding carboxylic acids is 2. The van der Waals surface area contributed by atoms with Gasteiger partial charge in [-0.2, -0.15) is 0 Å². The summed E-state index contributed by atoms with van der Waals surface area (Å²) >= 11 is 0. The Morgan fingerprint density at radius 3 is 2.76 bits per heavy atom. The van der Waals surface area contributed by atoms with Crippen molar-refractivity contribution < 1.29 is 9.59 Å². The van der Waals surface area contributed by atoms with Crippen molar-refractivity contribution in [2.24, 2.45) is 0 Å². The monoisotopic (exact) mass is 289 g/mol. The van der Waals surface area contributed by atoms with Gasteiger partial charge in [0.05, 0.1) is 12.7 Å². The van der Waals surface area contributed by atoms with Crippen LogP contribution in [-0.2, 0) is 9.59 Å². The minimum atomic E-state index is -0.0816. The topological polar surface area (TPSA) is 87.2 Å².